The Labute approximate surface area is 149 Å². The van der Waals surface area contributed by atoms with Crippen LogP contribution in [0, 0.1) is 0 Å². The van der Waals surface area contributed by atoms with Crippen LogP contribution in [0.4, 0.5) is 0 Å². The summed E-state index contributed by atoms with van der Waals surface area (Å²) in [5.74, 6) is -0.269. The van der Waals surface area contributed by atoms with Crippen LogP contribution in [0.25, 0.3) is 0 Å². The molecule has 3 aromatic carbocycles. The molecule has 0 aromatic heterocycles. The summed E-state index contributed by atoms with van der Waals surface area (Å²) >= 11 is 0. The van der Waals surface area contributed by atoms with Crippen molar-refractivity contribution >= 4 is 41.5 Å². The van der Waals surface area contributed by atoms with Crippen LogP contribution in [0.3, 0.4) is 0 Å². The summed E-state index contributed by atoms with van der Waals surface area (Å²) in [6, 6.07) is 30.8. The fraction of sp³-hybridized carbons (Fsp3) is 0.0500. The van der Waals surface area contributed by atoms with Gasteiger partial charge < -0.3 is 5.73 Å². The molecule has 3 aromatic rings. The number of nitrogens with two attached hydrogens (primary N) is 1. The fourth-order valence-corrected chi connectivity index (χ4v) is 6.96. The number of primary amides is 1. The molecule has 1 amide bonds. The number of benzene rings is 3. The van der Waals surface area contributed by atoms with Gasteiger partial charge in [0.15, 0.2) is 6.16 Å². The molecular formula is C20H20ClNOP+. The Kier molecular flexibility index (Phi) is 6.14. The lowest BCUT2D eigenvalue weighted by molar-refractivity contribution is -0.115. The average molecular weight is 357 g/mol. The molecule has 0 aliphatic rings. The third-order valence-corrected chi connectivity index (χ3v) is 8.31. The predicted octanol–water partition coefficient (Wildman–Crippen LogP) is 2.89. The third-order valence-electron chi connectivity index (χ3n) is 3.98. The molecule has 0 saturated heterocycles. The van der Waals surface area contributed by atoms with E-state index in [-0.39, 0.29) is 18.3 Å². The number of amides is 1. The smallest absolute Gasteiger partial charge is 0.256 e. The van der Waals surface area contributed by atoms with Crippen molar-refractivity contribution in [3.05, 3.63) is 91.0 Å². The molecule has 0 saturated carbocycles. The van der Waals surface area contributed by atoms with Crippen molar-refractivity contribution in [2.75, 3.05) is 6.16 Å². The Bertz CT molecular complexity index is 682. The minimum atomic E-state index is -2.08. The molecule has 0 atom stereocenters. The zero-order chi connectivity index (χ0) is 16.1. The molecular weight excluding hydrogens is 337 g/mol. The largest absolute Gasteiger partial charge is 0.366 e. The van der Waals surface area contributed by atoms with Gasteiger partial charge in [0.2, 0.25) is 0 Å². The lowest BCUT2D eigenvalue weighted by atomic mass is 10.4. The predicted molar refractivity (Wildman–Crippen MR) is 106 cm³/mol. The monoisotopic (exact) mass is 356 g/mol. The molecule has 0 aliphatic heterocycles. The van der Waals surface area contributed by atoms with Crippen LogP contribution in [0.1, 0.15) is 0 Å². The van der Waals surface area contributed by atoms with Crippen molar-refractivity contribution in [2.45, 2.75) is 0 Å². The molecule has 0 heterocycles. The lowest BCUT2D eigenvalue weighted by Crippen LogP contribution is -2.37. The molecule has 0 unspecified atom stereocenters. The number of carbonyl (C=O) groups excluding carboxylic acids is 1. The number of carbonyl (C=O) groups is 1. The van der Waals surface area contributed by atoms with Crippen LogP contribution in [0.2, 0.25) is 0 Å². The van der Waals surface area contributed by atoms with Crippen molar-refractivity contribution in [3.8, 4) is 0 Å². The van der Waals surface area contributed by atoms with Crippen molar-refractivity contribution < 1.29 is 4.79 Å². The highest BCUT2D eigenvalue weighted by atomic mass is 35.5. The summed E-state index contributed by atoms with van der Waals surface area (Å²) in [7, 11) is -2.08. The quantitative estimate of drug-likeness (QED) is 0.702. The van der Waals surface area contributed by atoms with E-state index < -0.39 is 7.26 Å². The van der Waals surface area contributed by atoms with Gasteiger partial charge in [0, 0.05) is 0 Å². The summed E-state index contributed by atoms with van der Waals surface area (Å²) in [6.07, 6.45) is 0.338. The van der Waals surface area contributed by atoms with Gasteiger partial charge in [-0.05, 0) is 36.4 Å². The highest BCUT2D eigenvalue weighted by Gasteiger charge is 2.46. The molecule has 2 N–H and O–H groups in total. The Balaban J connectivity index is 0.00000208. The zero-order valence-corrected chi connectivity index (χ0v) is 14.9. The van der Waals surface area contributed by atoms with E-state index in [2.05, 4.69) is 36.4 Å². The maximum atomic E-state index is 12.0. The van der Waals surface area contributed by atoms with E-state index in [0.717, 1.165) is 0 Å². The molecule has 3 rings (SSSR count). The zero-order valence-electron chi connectivity index (χ0n) is 13.2. The van der Waals surface area contributed by atoms with E-state index in [1.807, 2.05) is 54.6 Å². The molecule has 0 radical (unpaired) electrons. The van der Waals surface area contributed by atoms with Gasteiger partial charge in [-0.25, -0.2) is 0 Å². The molecule has 0 bridgehead atoms. The van der Waals surface area contributed by atoms with Crippen molar-refractivity contribution in [1.82, 2.24) is 0 Å². The van der Waals surface area contributed by atoms with Crippen molar-refractivity contribution in [2.24, 2.45) is 5.73 Å². The number of hydrogen-bond acceptors (Lipinski definition) is 1. The maximum absolute atomic E-state index is 12.0. The van der Waals surface area contributed by atoms with Crippen LogP contribution in [-0.2, 0) is 4.79 Å². The minimum Gasteiger partial charge on any atom is -0.366 e. The Morgan fingerprint density at radius 1 is 0.667 bits per heavy atom. The van der Waals surface area contributed by atoms with Gasteiger partial charge in [-0.1, -0.05) is 54.6 Å². The fourth-order valence-electron chi connectivity index (χ4n) is 3.00. The first kappa shape index (κ1) is 18.2. The molecule has 4 heteroatoms. The summed E-state index contributed by atoms with van der Waals surface area (Å²) < 4.78 is 0. The van der Waals surface area contributed by atoms with Gasteiger partial charge >= 0.3 is 0 Å². The van der Waals surface area contributed by atoms with Gasteiger partial charge in [-0.3, -0.25) is 4.79 Å². The van der Waals surface area contributed by atoms with Gasteiger partial charge in [0.1, 0.15) is 23.2 Å². The summed E-state index contributed by atoms with van der Waals surface area (Å²) in [4.78, 5) is 12.0. The molecule has 24 heavy (non-hydrogen) atoms. The Morgan fingerprint density at radius 3 is 1.21 bits per heavy atom. The van der Waals surface area contributed by atoms with Crippen LogP contribution < -0.4 is 21.6 Å². The molecule has 2 nitrogen and oxygen atoms in total. The van der Waals surface area contributed by atoms with Crippen LogP contribution >= 0.6 is 19.7 Å². The van der Waals surface area contributed by atoms with Gasteiger partial charge in [-0.15, -0.1) is 12.4 Å². The van der Waals surface area contributed by atoms with Crippen LogP contribution in [0.5, 0.6) is 0 Å². The first-order valence-electron chi connectivity index (χ1n) is 7.57. The van der Waals surface area contributed by atoms with Gasteiger partial charge in [0.05, 0.1) is 0 Å². The van der Waals surface area contributed by atoms with E-state index in [4.69, 9.17) is 5.73 Å². The molecule has 0 fully saturated rings. The van der Waals surface area contributed by atoms with Gasteiger partial charge in [0.25, 0.3) is 5.91 Å². The molecule has 0 aliphatic carbocycles. The molecule has 122 valence electrons. The summed E-state index contributed by atoms with van der Waals surface area (Å²) in [6.45, 7) is 0. The average Bonchev–Trinajstić information content (AvgIpc) is 2.62. The normalized spacial score (nSPS) is 10.7. The SMILES string of the molecule is Cl.NC(=O)C[P+](c1ccccc1)(c1ccccc1)c1ccccc1. The number of hydrogen-bond donors (Lipinski definition) is 1. The summed E-state index contributed by atoms with van der Waals surface area (Å²) in [5, 5.41) is 3.53. The minimum absolute atomic E-state index is 0. The van der Waals surface area contributed by atoms with E-state index >= 15 is 0 Å². The van der Waals surface area contributed by atoms with E-state index in [1.165, 1.54) is 15.9 Å². The standard InChI is InChI=1S/C20H18NOP.ClH/c21-20(22)16-23(17-10-4-1-5-11-17,18-12-6-2-7-13-18)19-14-8-3-9-15-19;/h1-15H,16H2,(H-,21,22);1H/p+1. The Morgan fingerprint density at radius 2 is 0.958 bits per heavy atom. The first-order valence-corrected chi connectivity index (χ1v) is 9.54. The third kappa shape index (κ3) is 3.51. The lowest BCUT2D eigenvalue weighted by Gasteiger charge is -2.26. The van der Waals surface area contributed by atoms with Crippen molar-refractivity contribution in [1.29, 1.82) is 0 Å². The number of halogens is 1. The maximum Gasteiger partial charge on any atom is 0.256 e. The second-order valence-electron chi connectivity index (χ2n) is 5.44. The van der Waals surface area contributed by atoms with Gasteiger partial charge in [-0.2, -0.15) is 0 Å². The van der Waals surface area contributed by atoms with E-state index in [9.17, 15) is 4.79 Å². The van der Waals surface area contributed by atoms with E-state index in [1.54, 1.807) is 0 Å². The topological polar surface area (TPSA) is 43.1 Å². The van der Waals surface area contributed by atoms with E-state index in [0.29, 0.717) is 6.16 Å². The number of rotatable bonds is 5. The summed E-state index contributed by atoms with van der Waals surface area (Å²) in [5.41, 5.74) is 5.68. The first-order chi connectivity index (χ1) is 11.2. The highest BCUT2D eigenvalue weighted by molar-refractivity contribution is 7.96. The van der Waals surface area contributed by atoms with Crippen LogP contribution in [0.15, 0.2) is 91.0 Å². The van der Waals surface area contributed by atoms with Crippen molar-refractivity contribution in [3.63, 3.8) is 0 Å². The Hall–Kier alpha value is -2.15. The molecule has 0 spiro atoms. The van der Waals surface area contributed by atoms with Crippen LogP contribution in [-0.4, -0.2) is 12.1 Å². The highest BCUT2D eigenvalue weighted by Crippen LogP contribution is 2.54. The second kappa shape index (κ2) is 8.10. The second-order valence-corrected chi connectivity index (χ2v) is 8.93.